The van der Waals surface area contributed by atoms with E-state index in [-0.39, 0.29) is 4.90 Å². The van der Waals surface area contributed by atoms with E-state index >= 15 is 0 Å². The van der Waals surface area contributed by atoms with Crippen molar-refractivity contribution in [3.05, 3.63) is 131 Å². The van der Waals surface area contributed by atoms with Crippen molar-refractivity contribution in [3.63, 3.8) is 0 Å². The Bertz CT molecular complexity index is 1660. The van der Waals surface area contributed by atoms with Gasteiger partial charge in [0, 0.05) is 11.1 Å². The number of carbonyl (C=O) groups is 1. The molecule has 0 radical (unpaired) electrons. The Morgan fingerprint density at radius 1 is 0.750 bits per heavy atom. The molecule has 5 aromatic rings. The van der Waals surface area contributed by atoms with E-state index in [9.17, 15) is 13.2 Å². The number of para-hydroxylation sites is 1. The molecule has 178 valence electrons. The van der Waals surface area contributed by atoms with E-state index < -0.39 is 16.0 Å². The summed E-state index contributed by atoms with van der Waals surface area (Å²) in [6.45, 7) is 0. The van der Waals surface area contributed by atoms with Crippen LogP contribution in [-0.4, -0.2) is 19.0 Å². The number of nitrogens with zero attached hydrogens (tertiary/aromatic N) is 2. The highest BCUT2D eigenvalue weighted by Crippen LogP contribution is 2.26. The zero-order chi connectivity index (χ0) is 25.0. The first-order valence-electron chi connectivity index (χ1n) is 11.0. The number of sulfonamides is 1. The summed E-state index contributed by atoms with van der Waals surface area (Å²) in [4.78, 5) is 12.8. The molecule has 5 rings (SSSR count). The van der Waals surface area contributed by atoms with Crippen molar-refractivity contribution in [1.29, 1.82) is 0 Å². The zero-order valence-corrected chi connectivity index (χ0v) is 20.5. The van der Waals surface area contributed by atoms with E-state index in [1.54, 1.807) is 59.2 Å². The molecule has 0 atom stereocenters. The first-order valence-corrected chi connectivity index (χ1v) is 13.3. The molecule has 6 nitrogen and oxygen atoms in total. The van der Waals surface area contributed by atoms with Crippen molar-refractivity contribution >= 4 is 27.3 Å². The van der Waals surface area contributed by atoms with E-state index in [0.717, 1.165) is 16.9 Å². The molecule has 8 heteroatoms. The van der Waals surface area contributed by atoms with E-state index in [1.165, 1.54) is 23.5 Å². The van der Waals surface area contributed by atoms with Crippen LogP contribution in [0.3, 0.4) is 0 Å². The Kier molecular flexibility index (Phi) is 6.62. The second-order valence-corrected chi connectivity index (χ2v) is 10.2. The van der Waals surface area contributed by atoms with E-state index in [1.807, 2.05) is 53.9 Å². The molecule has 0 unspecified atom stereocenters. The van der Waals surface area contributed by atoms with Crippen LogP contribution in [-0.2, 0) is 10.0 Å². The number of hydrogen-bond acceptors (Lipinski definition) is 5. The zero-order valence-electron chi connectivity index (χ0n) is 18.9. The van der Waals surface area contributed by atoms with Crippen molar-refractivity contribution in [1.82, 2.24) is 4.57 Å². The predicted molar refractivity (Wildman–Crippen MR) is 140 cm³/mol. The Morgan fingerprint density at radius 3 is 1.97 bits per heavy atom. The normalized spacial score (nSPS) is 11.8. The van der Waals surface area contributed by atoms with Gasteiger partial charge in [-0.2, -0.15) is 8.42 Å². The lowest BCUT2D eigenvalue weighted by Crippen LogP contribution is -2.16. The van der Waals surface area contributed by atoms with Crippen LogP contribution in [0.25, 0.3) is 16.9 Å². The summed E-state index contributed by atoms with van der Waals surface area (Å²) in [6.07, 6.45) is 0. The van der Waals surface area contributed by atoms with Gasteiger partial charge >= 0.3 is 5.97 Å². The van der Waals surface area contributed by atoms with E-state index in [4.69, 9.17) is 4.74 Å². The quantitative estimate of drug-likeness (QED) is 0.216. The predicted octanol–water partition coefficient (Wildman–Crippen LogP) is 5.71. The average Bonchev–Trinajstić information content (AvgIpc) is 3.33. The number of aromatic nitrogens is 1. The molecular formula is C28H20N2O4S2. The maximum Gasteiger partial charge on any atom is 0.343 e. The largest absolute Gasteiger partial charge is 0.423 e. The fraction of sp³-hybridized carbons (Fsp3) is 0. The molecule has 0 spiro atoms. The highest BCUT2D eigenvalue weighted by Gasteiger charge is 2.16. The van der Waals surface area contributed by atoms with Gasteiger partial charge in [0.25, 0.3) is 10.0 Å². The fourth-order valence-electron chi connectivity index (χ4n) is 3.58. The molecule has 36 heavy (non-hydrogen) atoms. The van der Waals surface area contributed by atoms with Gasteiger partial charge in [-0.25, -0.2) is 4.79 Å². The van der Waals surface area contributed by atoms with Gasteiger partial charge in [0.15, 0.2) is 0 Å². The third-order valence-corrected chi connectivity index (χ3v) is 7.55. The summed E-state index contributed by atoms with van der Waals surface area (Å²) in [7, 11) is -3.90. The second-order valence-electron chi connectivity index (χ2n) is 7.73. The number of esters is 1. The number of hydrogen-bond donors (Lipinski definition) is 0. The first-order chi connectivity index (χ1) is 17.5. The van der Waals surface area contributed by atoms with Crippen LogP contribution in [0.2, 0.25) is 0 Å². The molecular weight excluding hydrogens is 492 g/mol. The fourth-order valence-corrected chi connectivity index (χ4v) is 5.71. The lowest BCUT2D eigenvalue weighted by atomic mass is 10.1. The Labute approximate surface area is 212 Å². The Hall–Kier alpha value is -4.27. The molecule has 0 saturated heterocycles. The first kappa shape index (κ1) is 23.5. The van der Waals surface area contributed by atoms with Crippen LogP contribution in [0.1, 0.15) is 10.4 Å². The van der Waals surface area contributed by atoms with E-state index in [0.29, 0.717) is 16.1 Å². The van der Waals surface area contributed by atoms with E-state index in [2.05, 4.69) is 4.40 Å². The lowest BCUT2D eigenvalue weighted by molar-refractivity contribution is 0.0734. The summed E-state index contributed by atoms with van der Waals surface area (Å²) in [5.74, 6) is -0.0314. The Balaban J connectivity index is 1.53. The van der Waals surface area contributed by atoms with Gasteiger partial charge in [-0.05, 0) is 66.2 Å². The molecule has 1 heterocycles. The molecule has 0 fully saturated rings. The van der Waals surface area contributed by atoms with Gasteiger partial charge in [-0.1, -0.05) is 54.6 Å². The van der Waals surface area contributed by atoms with Crippen molar-refractivity contribution in [2.75, 3.05) is 0 Å². The Morgan fingerprint density at radius 2 is 1.33 bits per heavy atom. The molecule has 0 aliphatic carbocycles. The maximum absolute atomic E-state index is 13.0. The highest BCUT2D eigenvalue weighted by atomic mass is 32.2. The molecule has 4 aromatic carbocycles. The van der Waals surface area contributed by atoms with Crippen molar-refractivity contribution in [2.24, 2.45) is 4.40 Å². The van der Waals surface area contributed by atoms with Gasteiger partial charge < -0.3 is 4.74 Å². The minimum atomic E-state index is -3.90. The number of carbonyl (C=O) groups excluding carboxylic acids is 1. The van der Waals surface area contributed by atoms with Crippen LogP contribution >= 0.6 is 11.3 Å². The summed E-state index contributed by atoms with van der Waals surface area (Å²) in [6, 6.07) is 33.4. The van der Waals surface area contributed by atoms with Gasteiger partial charge in [-0.3, -0.25) is 4.57 Å². The molecule has 0 bridgehead atoms. The monoisotopic (exact) mass is 512 g/mol. The molecule has 0 N–H and O–H groups in total. The van der Waals surface area contributed by atoms with Crippen molar-refractivity contribution in [3.8, 4) is 22.7 Å². The van der Waals surface area contributed by atoms with Crippen LogP contribution in [0.5, 0.6) is 5.75 Å². The molecule has 0 saturated carbocycles. The summed E-state index contributed by atoms with van der Waals surface area (Å²) >= 11 is 1.23. The topological polar surface area (TPSA) is 77.7 Å². The maximum atomic E-state index is 13.0. The number of rotatable bonds is 6. The number of ether oxygens (including phenoxy) is 1. The third-order valence-electron chi connectivity index (χ3n) is 5.33. The minimum Gasteiger partial charge on any atom is -0.423 e. The molecule has 1 aromatic heterocycles. The van der Waals surface area contributed by atoms with Gasteiger partial charge in [0.1, 0.15) is 5.75 Å². The molecule has 0 amide bonds. The van der Waals surface area contributed by atoms with Crippen LogP contribution < -0.4 is 9.54 Å². The van der Waals surface area contributed by atoms with Gasteiger partial charge in [0.05, 0.1) is 16.2 Å². The van der Waals surface area contributed by atoms with Crippen LogP contribution in [0, 0.1) is 0 Å². The van der Waals surface area contributed by atoms with Crippen LogP contribution in [0.15, 0.2) is 130 Å². The number of benzene rings is 4. The number of thiazole rings is 1. The van der Waals surface area contributed by atoms with Crippen molar-refractivity contribution < 1.29 is 17.9 Å². The lowest BCUT2D eigenvalue weighted by Gasteiger charge is -2.10. The third kappa shape index (κ3) is 5.05. The van der Waals surface area contributed by atoms with Crippen LogP contribution in [0.4, 0.5) is 0 Å². The van der Waals surface area contributed by atoms with Gasteiger partial charge in [-0.15, -0.1) is 15.7 Å². The summed E-state index contributed by atoms with van der Waals surface area (Å²) in [5.41, 5.74) is 2.81. The minimum absolute atomic E-state index is 0.129. The summed E-state index contributed by atoms with van der Waals surface area (Å²) < 4.78 is 37.4. The SMILES string of the molecule is O=C(Oc1ccc(-c2cs/c(=N/S(=O)(=O)c3ccccc3)n2-c2ccccc2)cc1)c1ccccc1. The second kappa shape index (κ2) is 10.2. The molecule has 0 aliphatic rings. The molecule has 0 aliphatic heterocycles. The smallest absolute Gasteiger partial charge is 0.343 e. The van der Waals surface area contributed by atoms with Gasteiger partial charge in [0.2, 0.25) is 4.80 Å². The summed E-state index contributed by atoms with van der Waals surface area (Å²) in [5, 5.41) is 1.86. The highest BCUT2D eigenvalue weighted by molar-refractivity contribution is 7.90. The standard InChI is InChI=1S/C28H20N2O4S2/c31-27(22-10-4-1-5-11-22)34-24-18-16-21(17-19-24)26-20-35-28(30(26)23-12-6-2-7-13-23)29-36(32,33)25-14-8-3-9-15-25/h1-20H/b29-28+. The van der Waals surface area contributed by atoms with Crippen molar-refractivity contribution in [2.45, 2.75) is 4.90 Å². The average molecular weight is 513 g/mol.